The molecule has 21 heavy (non-hydrogen) atoms. The van der Waals surface area contributed by atoms with Crippen LogP contribution in [0.4, 0.5) is 0 Å². The molecule has 2 aliphatic heterocycles. The van der Waals surface area contributed by atoms with Gasteiger partial charge in [0.1, 0.15) is 6.54 Å². The van der Waals surface area contributed by atoms with E-state index in [2.05, 4.69) is 10.1 Å². The third-order valence-electron chi connectivity index (χ3n) is 3.81. The van der Waals surface area contributed by atoms with Crippen LogP contribution in [0.3, 0.4) is 0 Å². The highest BCUT2D eigenvalue weighted by Crippen LogP contribution is 2.30. The quantitative estimate of drug-likeness (QED) is 0.819. The summed E-state index contributed by atoms with van der Waals surface area (Å²) in [6.07, 6.45) is 2.46. The van der Waals surface area contributed by atoms with Crippen molar-refractivity contribution in [3.8, 4) is 0 Å². The number of aromatic nitrogens is 2. The molecular formula is C13H18N4O3S. The van der Waals surface area contributed by atoms with Gasteiger partial charge in [0.05, 0.1) is 17.7 Å². The monoisotopic (exact) mass is 310 g/mol. The van der Waals surface area contributed by atoms with Crippen molar-refractivity contribution in [2.45, 2.75) is 32.2 Å². The van der Waals surface area contributed by atoms with Gasteiger partial charge in [0.2, 0.25) is 17.7 Å². The van der Waals surface area contributed by atoms with Crippen molar-refractivity contribution in [2.75, 3.05) is 24.7 Å². The summed E-state index contributed by atoms with van der Waals surface area (Å²) in [5.41, 5.74) is 0. The predicted molar refractivity (Wildman–Crippen MR) is 76.4 cm³/mol. The molecule has 2 aliphatic rings. The van der Waals surface area contributed by atoms with Crippen molar-refractivity contribution in [3.05, 3.63) is 11.7 Å². The maximum Gasteiger partial charge on any atom is 0.242 e. The lowest BCUT2D eigenvalue weighted by Gasteiger charge is -2.24. The summed E-state index contributed by atoms with van der Waals surface area (Å²) in [6, 6.07) is -0.119. The van der Waals surface area contributed by atoms with Crippen LogP contribution in [0.15, 0.2) is 4.52 Å². The Morgan fingerprint density at radius 1 is 1.52 bits per heavy atom. The topological polar surface area (TPSA) is 79.5 Å². The highest BCUT2D eigenvalue weighted by molar-refractivity contribution is 8.00. The number of carbonyl (C=O) groups excluding carboxylic acids is 2. The molecule has 2 saturated heterocycles. The maximum absolute atomic E-state index is 12.4. The van der Waals surface area contributed by atoms with Gasteiger partial charge in [-0.25, -0.2) is 0 Å². The summed E-state index contributed by atoms with van der Waals surface area (Å²) in [7, 11) is 0. The predicted octanol–water partition coefficient (Wildman–Crippen LogP) is 0.828. The average molecular weight is 310 g/mol. The van der Waals surface area contributed by atoms with E-state index in [9.17, 15) is 9.59 Å². The Labute approximate surface area is 127 Å². The molecule has 0 bridgehead atoms. The van der Waals surface area contributed by atoms with E-state index in [0.29, 0.717) is 36.3 Å². The van der Waals surface area contributed by atoms with E-state index in [-0.39, 0.29) is 24.4 Å². The van der Waals surface area contributed by atoms with Gasteiger partial charge in [-0.15, -0.1) is 11.8 Å². The summed E-state index contributed by atoms with van der Waals surface area (Å²) in [5.74, 6) is 2.26. The van der Waals surface area contributed by atoms with Gasteiger partial charge in [-0.1, -0.05) is 12.1 Å². The lowest BCUT2D eigenvalue weighted by atomic mass is 10.2. The number of amides is 2. The van der Waals surface area contributed by atoms with Crippen molar-refractivity contribution in [3.63, 3.8) is 0 Å². The summed E-state index contributed by atoms with van der Waals surface area (Å²) in [4.78, 5) is 31.8. The number of likely N-dealkylation sites (tertiary alicyclic amines) is 1. The molecule has 1 aromatic rings. The fourth-order valence-electron chi connectivity index (χ4n) is 2.67. The third kappa shape index (κ3) is 2.90. The minimum Gasteiger partial charge on any atom is -0.339 e. The molecule has 7 nitrogen and oxygen atoms in total. The molecule has 3 heterocycles. The molecule has 8 heteroatoms. The van der Waals surface area contributed by atoms with Crippen LogP contribution in [-0.4, -0.2) is 56.5 Å². The van der Waals surface area contributed by atoms with Crippen LogP contribution >= 0.6 is 11.8 Å². The molecule has 114 valence electrons. The van der Waals surface area contributed by atoms with Crippen LogP contribution in [0.2, 0.25) is 0 Å². The number of rotatable bonds is 4. The Hall–Kier alpha value is -1.57. The number of thioether (sulfide) groups is 1. The molecule has 1 aromatic heterocycles. The number of aryl methyl sites for hydroxylation is 1. The molecule has 0 radical (unpaired) electrons. The largest absolute Gasteiger partial charge is 0.339 e. The maximum atomic E-state index is 12.4. The molecule has 0 aromatic carbocycles. The number of carbonyl (C=O) groups is 2. The smallest absolute Gasteiger partial charge is 0.242 e. The minimum absolute atomic E-state index is 0.0313. The Bertz CT molecular complexity index is 547. The van der Waals surface area contributed by atoms with Gasteiger partial charge in [0.15, 0.2) is 5.82 Å². The standard InChI is InChI=1S/C13H18N4O3S/c1-2-10-14-13(15-20-10)9-4-3-5-17(9)11(18)6-16-8-21-7-12(16)19/h9H,2-8H2,1H3/t9-/m1/s1. The lowest BCUT2D eigenvalue weighted by Crippen LogP contribution is -2.41. The van der Waals surface area contributed by atoms with E-state index in [0.717, 1.165) is 12.8 Å². The molecule has 1 atom stereocenters. The Balaban J connectivity index is 1.68. The van der Waals surface area contributed by atoms with Crippen LogP contribution < -0.4 is 0 Å². The highest BCUT2D eigenvalue weighted by atomic mass is 32.2. The van der Waals surface area contributed by atoms with Gasteiger partial charge < -0.3 is 14.3 Å². The number of nitrogens with zero attached hydrogens (tertiary/aromatic N) is 4. The third-order valence-corrected chi connectivity index (χ3v) is 4.75. The van der Waals surface area contributed by atoms with E-state index in [1.165, 1.54) is 0 Å². The SMILES string of the molecule is CCc1nc([C@H]2CCCN2C(=O)CN2CSCC2=O)no1. The van der Waals surface area contributed by atoms with Crippen LogP contribution in [0, 0.1) is 0 Å². The van der Waals surface area contributed by atoms with Crippen LogP contribution in [0.25, 0.3) is 0 Å². The van der Waals surface area contributed by atoms with Crippen molar-refractivity contribution >= 4 is 23.6 Å². The van der Waals surface area contributed by atoms with E-state index in [1.807, 2.05) is 6.92 Å². The molecule has 3 rings (SSSR count). The van der Waals surface area contributed by atoms with E-state index < -0.39 is 0 Å². The first-order chi connectivity index (χ1) is 10.2. The zero-order chi connectivity index (χ0) is 14.8. The molecule has 2 amide bonds. The Morgan fingerprint density at radius 2 is 2.38 bits per heavy atom. The molecule has 0 aliphatic carbocycles. The van der Waals surface area contributed by atoms with Crippen LogP contribution in [0.5, 0.6) is 0 Å². The average Bonchev–Trinajstić information content (AvgIpc) is 3.18. The molecule has 0 N–H and O–H groups in total. The fourth-order valence-corrected chi connectivity index (χ4v) is 3.58. The molecule has 0 unspecified atom stereocenters. The second-order valence-corrected chi connectivity index (χ2v) is 6.17. The van der Waals surface area contributed by atoms with E-state index in [1.54, 1.807) is 21.6 Å². The van der Waals surface area contributed by atoms with Gasteiger partial charge in [-0.05, 0) is 12.8 Å². The molecule has 2 fully saturated rings. The van der Waals surface area contributed by atoms with Crippen molar-refractivity contribution in [2.24, 2.45) is 0 Å². The van der Waals surface area contributed by atoms with Crippen molar-refractivity contribution in [1.82, 2.24) is 19.9 Å². The first-order valence-corrected chi connectivity index (χ1v) is 8.32. The first-order valence-electron chi connectivity index (χ1n) is 7.16. The van der Waals surface area contributed by atoms with Crippen molar-refractivity contribution in [1.29, 1.82) is 0 Å². The molecule has 0 saturated carbocycles. The zero-order valence-electron chi connectivity index (χ0n) is 11.9. The van der Waals surface area contributed by atoms with E-state index in [4.69, 9.17) is 4.52 Å². The summed E-state index contributed by atoms with van der Waals surface area (Å²) >= 11 is 1.54. The Morgan fingerprint density at radius 3 is 3.05 bits per heavy atom. The summed E-state index contributed by atoms with van der Waals surface area (Å²) in [5, 5.41) is 3.98. The van der Waals surface area contributed by atoms with Gasteiger partial charge in [-0.3, -0.25) is 9.59 Å². The second kappa shape index (κ2) is 6.05. The lowest BCUT2D eigenvalue weighted by molar-refractivity contribution is -0.138. The van der Waals surface area contributed by atoms with Gasteiger partial charge in [0, 0.05) is 13.0 Å². The fraction of sp³-hybridized carbons (Fsp3) is 0.692. The summed E-state index contributed by atoms with van der Waals surface area (Å²) in [6.45, 7) is 2.79. The minimum atomic E-state index is -0.119. The highest BCUT2D eigenvalue weighted by Gasteiger charge is 2.35. The van der Waals surface area contributed by atoms with Crippen LogP contribution in [-0.2, 0) is 16.0 Å². The van der Waals surface area contributed by atoms with Gasteiger partial charge in [0.25, 0.3) is 0 Å². The van der Waals surface area contributed by atoms with Gasteiger partial charge >= 0.3 is 0 Å². The Kier molecular flexibility index (Phi) is 4.14. The zero-order valence-corrected chi connectivity index (χ0v) is 12.8. The van der Waals surface area contributed by atoms with Crippen LogP contribution in [0.1, 0.15) is 37.5 Å². The van der Waals surface area contributed by atoms with Crippen molar-refractivity contribution < 1.29 is 14.1 Å². The first kappa shape index (κ1) is 14.4. The van der Waals surface area contributed by atoms with E-state index >= 15 is 0 Å². The van der Waals surface area contributed by atoms with Gasteiger partial charge in [-0.2, -0.15) is 4.98 Å². The summed E-state index contributed by atoms with van der Waals surface area (Å²) < 4.78 is 5.14. The number of hydrogen-bond donors (Lipinski definition) is 0. The molecular weight excluding hydrogens is 292 g/mol. The molecule has 0 spiro atoms. The second-order valence-electron chi connectivity index (χ2n) is 5.21. The number of hydrogen-bond acceptors (Lipinski definition) is 6. The normalized spacial score (nSPS) is 22.3.